The zero-order chi connectivity index (χ0) is 31.2. The molecule has 1 saturated heterocycles. The number of rotatable bonds is 7. The van der Waals surface area contributed by atoms with Crippen LogP contribution in [0.5, 0.6) is 0 Å². The van der Waals surface area contributed by atoms with Gasteiger partial charge in [0.2, 0.25) is 0 Å². The van der Waals surface area contributed by atoms with E-state index in [4.69, 9.17) is 9.90 Å². The fourth-order valence-corrected chi connectivity index (χ4v) is 5.58. The van der Waals surface area contributed by atoms with Crippen LogP contribution < -0.4 is 14.5 Å². The Balaban J connectivity index is 0.000000616. The van der Waals surface area contributed by atoms with E-state index in [1.54, 1.807) is 36.4 Å². The molecule has 9 nitrogen and oxygen atoms in total. The average molecular weight is 608 g/mol. The van der Waals surface area contributed by atoms with Crippen LogP contribution in [0.1, 0.15) is 35.3 Å². The van der Waals surface area contributed by atoms with Crippen molar-refractivity contribution in [2.75, 3.05) is 34.2 Å². The third kappa shape index (κ3) is 8.15. The highest BCUT2D eigenvalue weighted by Crippen LogP contribution is 2.30. The molecule has 0 aliphatic carbocycles. The van der Waals surface area contributed by atoms with Crippen LogP contribution in [0.2, 0.25) is 0 Å². The van der Waals surface area contributed by atoms with Gasteiger partial charge in [-0.3, -0.25) is 4.72 Å². The molecule has 226 valence electrons. The van der Waals surface area contributed by atoms with E-state index in [1.807, 2.05) is 13.0 Å². The zero-order valence-corrected chi connectivity index (χ0v) is 24.0. The number of carbonyl (C=O) groups is 2. The summed E-state index contributed by atoms with van der Waals surface area (Å²) >= 11 is 0. The second-order valence-corrected chi connectivity index (χ2v) is 11.5. The number of halogens is 3. The highest BCUT2D eigenvalue weighted by Gasteiger charge is 2.38. The van der Waals surface area contributed by atoms with Gasteiger partial charge in [0, 0.05) is 37.1 Å². The summed E-state index contributed by atoms with van der Waals surface area (Å²) in [5.41, 5.74) is 4.28. The van der Waals surface area contributed by atoms with Crippen LogP contribution in [0, 0.1) is 6.92 Å². The first kappa shape index (κ1) is 32.3. The Labute approximate surface area is 242 Å². The summed E-state index contributed by atoms with van der Waals surface area (Å²) in [7, 11) is -3.83. The van der Waals surface area contributed by atoms with E-state index >= 15 is 0 Å². The molecule has 1 heterocycles. The van der Waals surface area contributed by atoms with Gasteiger partial charge in [-0.15, -0.1) is 0 Å². The van der Waals surface area contributed by atoms with Gasteiger partial charge in [-0.25, -0.2) is 18.0 Å². The normalized spacial score (nSPS) is 15.4. The largest absolute Gasteiger partial charge is 0.490 e. The number of carboxylic acid groups (broad SMARTS) is 2. The third-order valence-corrected chi connectivity index (χ3v) is 8.06. The van der Waals surface area contributed by atoms with E-state index in [1.165, 1.54) is 11.6 Å². The minimum Gasteiger partial charge on any atom is -0.478 e. The second kappa shape index (κ2) is 13.1. The maximum absolute atomic E-state index is 12.8. The Bertz CT molecular complexity index is 1530. The Morgan fingerprint density at radius 3 is 2.17 bits per heavy atom. The molecule has 3 aromatic carbocycles. The lowest BCUT2D eigenvalue weighted by Crippen LogP contribution is -2.52. The van der Waals surface area contributed by atoms with E-state index < -0.39 is 28.1 Å². The maximum Gasteiger partial charge on any atom is 0.490 e. The number of sulfonamides is 1. The van der Waals surface area contributed by atoms with Crippen LogP contribution in [0.25, 0.3) is 0 Å². The quantitative estimate of drug-likeness (QED) is 0.326. The molecule has 42 heavy (non-hydrogen) atoms. The maximum atomic E-state index is 12.8. The van der Waals surface area contributed by atoms with Crippen LogP contribution in [0.3, 0.4) is 0 Å². The number of aliphatic carboxylic acids is 1. The molecule has 0 amide bonds. The van der Waals surface area contributed by atoms with Crippen molar-refractivity contribution in [2.24, 2.45) is 0 Å². The van der Waals surface area contributed by atoms with Crippen molar-refractivity contribution in [3.63, 3.8) is 0 Å². The van der Waals surface area contributed by atoms with E-state index in [-0.39, 0.29) is 22.2 Å². The predicted octanol–water partition coefficient (Wildman–Crippen LogP) is 5.40. The van der Waals surface area contributed by atoms with Crippen LogP contribution >= 0.6 is 0 Å². The lowest BCUT2D eigenvalue weighted by Gasteiger charge is -2.42. The van der Waals surface area contributed by atoms with Gasteiger partial charge in [-0.05, 0) is 73.9 Å². The lowest BCUT2D eigenvalue weighted by molar-refractivity contribution is -0.192. The molecular weight excluding hydrogens is 575 g/mol. The molecule has 0 saturated carbocycles. The molecule has 1 aliphatic heterocycles. The second-order valence-electron chi connectivity index (χ2n) is 9.77. The van der Waals surface area contributed by atoms with Crippen molar-refractivity contribution in [3.8, 4) is 0 Å². The van der Waals surface area contributed by atoms with Crippen molar-refractivity contribution in [1.82, 2.24) is 0 Å². The Kier molecular flexibility index (Phi) is 10.1. The first-order valence-electron chi connectivity index (χ1n) is 13.0. The number of hydrogen-bond acceptors (Lipinski definition) is 6. The number of aryl methyl sites for hydroxylation is 2. The summed E-state index contributed by atoms with van der Waals surface area (Å²) < 4.78 is 59.9. The van der Waals surface area contributed by atoms with Gasteiger partial charge >= 0.3 is 18.1 Å². The number of hydrogen-bond donors (Lipinski definition) is 3. The topological polar surface area (TPSA) is 127 Å². The summed E-state index contributed by atoms with van der Waals surface area (Å²) in [6.07, 6.45) is -4.27. The van der Waals surface area contributed by atoms with E-state index in [0.717, 1.165) is 24.2 Å². The summed E-state index contributed by atoms with van der Waals surface area (Å²) in [6.45, 7) is 8.27. The fourth-order valence-electron chi connectivity index (χ4n) is 4.53. The summed E-state index contributed by atoms with van der Waals surface area (Å²) in [5.74, 6) is -3.85. The van der Waals surface area contributed by atoms with Crippen molar-refractivity contribution >= 4 is 39.0 Å². The standard InChI is InChI=1S/C27H31N3O4S.C2HF3O2/c1-4-21-8-11-24(12-9-21)35(33,34)28-22-10-13-26(25(17-22)27(31)32)29-14-15-30(20(3)18-29)23-7-5-6-19(2)16-23;3-2(4,5)1(6)7/h5-13,16-17,20,28H,4,14-15,18H2,1-3H3,(H,31,32);(H,6,7). The molecule has 3 aromatic rings. The molecule has 3 N–H and O–H groups in total. The van der Waals surface area contributed by atoms with Gasteiger partial charge in [-0.1, -0.05) is 31.2 Å². The number of alkyl halides is 3. The molecular formula is C29H32F3N3O6S. The number of nitrogens with zero attached hydrogens (tertiary/aromatic N) is 2. The van der Waals surface area contributed by atoms with Crippen LogP contribution in [-0.4, -0.2) is 62.4 Å². The average Bonchev–Trinajstić information content (AvgIpc) is 2.92. The van der Waals surface area contributed by atoms with Gasteiger partial charge in [0.15, 0.2) is 0 Å². The third-order valence-electron chi connectivity index (χ3n) is 6.67. The SMILES string of the molecule is CCc1ccc(S(=O)(=O)Nc2ccc(N3CCN(c4cccc(C)c4)C(C)C3)c(C(=O)O)c2)cc1.O=C(O)C(F)(F)F. The molecule has 0 radical (unpaired) electrons. The highest BCUT2D eigenvalue weighted by molar-refractivity contribution is 7.92. The monoisotopic (exact) mass is 607 g/mol. The Morgan fingerprint density at radius 2 is 1.64 bits per heavy atom. The minimum absolute atomic E-state index is 0.0720. The summed E-state index contributed by atoms with van der Waals surface area (Å²) in [4.78, 5) is 25.5. The van der Waals surface area contributed by atoms with E-state index in [2.05, 4.69) is 46.6 Å². The number of carboxylic acids is 2. The predicted molar refractivity (Wildman–Crippen MR) is 154 cm³/mol. The molecule has 1 atom stereocenters. The highest BCUT2D eigenvalue weighted by atomic mass is 32.2. The summed E-state index contributed by atoms with van der Waals surface area (Å²) in [5, 5.41) is 17.0. The van der Waals surface area contributed by atoms with Gasteiger partial charge in [-0.2, -0.15) is 13.2 Å². The van der Waals surface area contributed by atoms with Crippen molar-refractivity contribution < 1.29 is 41.4 Å². The Morgan fingerprint density at radius 1 is 1.00 bits per heavy atom. The lowest BCUT2D eigenvalue weighted by atomic mass is 10.1. The first-order chi connectivity index (χ1) is 19.6. The van der Waals surface area contributed by atoms with Gasteiger partial charge in [0.25, 0.3) is 10.0 Å². The molecule has 0 bridgehead atoms. The van der Waals surface area contributed by atoms with E-state index in [9.17, 15) is 31.5 Å². The molecule has 13 heteroatoms. The molecule has 0 spiro atoms. The molecule has 4 rings (SSSR count). The van der Waals surface area contributed by atoms with E-state index in [0.29, 0.717) is 18.8 Å². The summed E-state index contributed by atoms with van der Waals surface area (Å²) in [6, 6.07) is 19.9. The molecule has 0 aromatic heterocycles. The van der Waals surface area contributed by atoms with Crippen LogP contribution in [0.4, 0.5) is 30.2 Å². The van der Waals surface area contributed by atoms with Crippen molar-refractivity contribution in [1.29, 1.82) is 0 Å². The van der Waals surface area contributed by atoms with Crippen LogP contribution in [0.15, 0.2) is 71.6 Å². The van der Waals surface area contributed by atoms with Crippen molar-refractivity contribution in [2.45, 2.75) is 44.3 Å². The molecule has 1 unspecified atom stereocenters. The first-order valence-corrected chi connectivity index (χ1v) is 14.5. The number of benzene rings is 3. The van der Waals surface area contributed by atoms with Gasteiger partial charge < -0.3 is 20.0 Å². The number of aromatic carboxylic acids is 1. The Hall–Kier alpha value is -4.26. The van der Waals surface area contributed by atoms with Gasteiger partial charge in [0.1, 0.15) is 0 Å². The molecule has 1 aliphatic rings. The smallest absolute Gasteiger partial charge is 0.478 e. The number of piperazine rings is 1. The number of nitrogens with one attached hydrogen (secondary N) is 1. The van der Waals surface area contributed by atoms with Gasteiger partial charge in [0.05, 0.1) is 16.1 Å². The fraction of sp³-hybridized carbons (Fsp3) is 0.310. The zero-order valence-electron chi connectivity index (χ0n) is 23.2. The van der Waals surface area contributed by atoms with Crippen molar-refractivity contribution in [3.05, 3.63) is 83.4 Å². The minimum atomic E-state index is -5.08. The molecule has 1 fully saturated rings. The number of anilines is 3. The van der Waals surface area contributed by atoms with Crippen LogP contribution in [-0.2, 0) is 21.2 Å².